The molecule has 0 spiro atoms. The Labute approximate surface area is 81.9 Å². The van der Waals surface area contributed by atoms with Crippen LogP contribution in [0.5, 0.6) is 0 Å². The van der Waals surface area contributed by atoms with E-state index in [2.05, 4.69) is 5.32 Å². The number of amides is 1. The summed E-state index contributed by atoms with van der Waals surface area (Å²) >= 11 is 1.63. The minimum atomic E-state index is -0.0672. The van der Waals surface area contributed by atoms with Crippen molar-refractivity contribution in [3.05, 3.63) is 22.4 Å². The molecule has 0 aromatic carbocycles. The lowest BCUT2D eigenvalue weighted by Gasteiger charge is -2.05. The molecule has 1 heterocycles. The van der Waals surface area contributed by atoms with Crippen molar-refractivity contribution in [2.45, 2.75) is 25.9 Å². The van der Waals surface area contributed by atoms with Gasteiger partial charge in [-0.3, -0.25) is 4.79 Å². The number of nitrogens with two attached hydrogens (primary N) is 1. The predicted molar refractivity (Wildman–Crippen MR) is 54.4 cm³/mol. The van der Waals surface area contributed by atoms with E-state index in [1.54, 1.807) is 11.3 Å². The molecular weight excluding hydrogens is 184 g/mol. The van der Waals surface area contributed by atoms with Gasteiger partial charge in [-0.25, -0.2) is 0 Å². The first-order valence-corrected chi connectivity index (χ1v) is 5.16. The molecule has 72 valence electrons. The highest BCUT2D eigenvalue weighted by atomic mass is 32.1. The third-order valence-electron chi connectivity index (χ3n) is 1.58. The van der Waals surface area contributed by atoms with E-state index in [9.17, 15) is 4.79 Å². The molecule has 1 amide bonds. The van der Waals surface area contributed by atoms with E-state index in [0.717, 1.165) is 5.56 Å². The highest BCUT2D eigenvalue weighted by Gasteiger charge is 2.03. The average Bonchev–Trinajstić information content (AvgIpc) is 2.51. The normalized spacial score (nSPS) is 12.5. The van der Waals surface area contributed by atoms with Gasteiger partial charge in [-0.1, -0.05) is 0 Å². The standard InChI is InChI=1S/C9H14N2OS/c1-7(10)4-9(12)11-5-8-2-3-13-6-8/h2-3,6-7H,4-5,10H2,1H3,(H,11,12). The van der Waals surface area contributed by atoms with Gasteiger partial charge >= 0.3 is 0 Å². The molecule has 3 nitrogen and oxygen atoms in total. The highest BCUT2D eigenvalue weighted by Crippen LogP contribution is 2.04. The number of carbonyl (C=O) groups is 1. The monoisotopic (exact) mass is 198 g/mol. The van der Waals surface area contributed by atoms with Crippen molar-refractivity contribution >= 4 is 17.2 Å². The Morgan fingerprint density at radius 3 is 3.08 bits per heavy atom. The van der Waals surface area contributed by atoms with Gasteiger partial charge in [0.15, 0.2) is 0 Å². The molecule has 0 saturated carbocycles. The van der Waals surface area contributed by atoms with E-state index in [4.69, 9.17) is 5.73 Å². The minimum absolute atomic E-state index is 0.0150. The SMILES string of the molecule is CC(N)CC(=O)NCc1ccsc1. The molecule has 1 atom stereocenters. The zero-order valence-corrected chi connectivity index (χ0v) is 8.43. The fourth-order valence-corrected chi connectivity index (χ4v) is 1.63. The van der Waals surface area contributed by atoms with Gasteiger partial charge in [-0.2, -0.15) is 11.3 Å². The summed E-state index contributed by atoms with van der Waals surface area (Å²) in [5.41, 5.74) is 6.63. The van der Waals surface area contributed by atoms with Gasteiger partial charge in [0, 0.05) is 19.0 Å². The van der Waals surface area contributed by atoms with Crippen LogP contribution in [0, 0.1) is 0 Å². The van der Waals surface area contributed by atoms with E-state index in [-0.39, 0.29) is 11.9 Å². The van der Waals surface area contributed by atoms with E-state index in [1.165, 1.54) is 0 Å². The zero-order valence-electron chi connectivity index (χ0n) is 7.62. The molecule has 1 rings (SSSR count). The summed E-state index contributed by atoms with van der Waals surface area (Å²) in [4.78, 5) is 11.2. The van der Waals surface area contributed by atoms with Crippen LogP contribution in [0.2, 0.25) is 0 Å². The first kappa shape index (κ1) is 10.2. The number of thiophene rings is 1. The molecule has 13 heavy (non-hydrogen) atoms. The maximum Gasteiger partial charge on any atom is 0.221 e. The maximum absolute atomic E-state index is 11.2. The maximum atomic E-state index is 11.2. The van der Waals surface area contributed by atoms with E-state index >= 15 is 0 Å². The van der Waals surface area contributed by atoms with Gasteiger partial charge in [0.25, 0.3) is 0 Å². The van der Waals surface area contributed by atoms with Gasteiger partial charge in [0.05, 0.1) is 0 Å². The average molecular weight is 198 g/mol. The molecule has 0 aliphatic rings. The van der Waals surface area contributed by atoms with Crippen molar-refractivity contribution in [2.75, 3.05) is 0 Å². The Morgan fingerprint density at radius 2 is 2.54 bits per heavy atom. The second-order valence-corrected chi connectivity index (χ2v) is 3.87. The molecule has 1 unspecified atom stereocenters. The van der Waals surface area contributed by atoms with E-state index in [1.807, 2.05) is 23.8 Å². The van der Waals surface area contributed by atoms with Crippen LogP contribution < -0.4 is 11.1 Å². The molecule has 0 aliphatic carbocycles. The second kappa shape index (κ2) is 4.99. The molecule has 0 aliphatic heterocycles. The number of carbonyl (C=O) groups excluding carboxylic acids is 1. The lowest BCUT2D eigenvalue weighted by molar-refractivity contribution is -0.121. The lowest BCUT2D eigenvalue weighted by Crippen LogP contribution is -2.29. The molecule has 0 fully saturated rings. The zero-order chi connectivity index (χ0) is 9.68. The summed E-state index contributed by atoms with van der Waals surface area (Å²) in [6, 6.07) is 1.93. The molecule has 0 saturated heterocycles. The van der Waals surface area contributed by atoms with Gasteiger partial charge in [-0.15, -0.1) is 0 Å². The lowest BCUT2D eigenvalue weighted by atomic mass is 10.2. The van der Waals surface area contributed by atoms with Crippen molar-refractivity contribution < 1.29 is 4.79 Å². The summed E-state index contributed by atoms with van der Waals surface area (Å²) in [5, 5.41) is 6.82. The van der Waals surface area contributed by atoms with Crippen molar-refractivity contribution in [1.29, 1.82) is 0 Å². The number of hydrogen-bond acceptors (Lipinski definition) is 3. The summed E-state index contributed by atoms with van der Waals surface area (Å²) in [6.07, 6.45) is 0.393. The van der Waals surface area contributed by atoms with Crippen LogP contribution in [0.15, 0.2) is 16.8 Å². The number of nitrogens with one attached hydrogen (secondary N) is 1. The van der Waals surface area contributed by atoms with Crippen LogP contribution in [-0.4, -0.2) is 11.9 Å². The summed E-state index contributed by atoms with van der Waals surface area (Å²) in [7, 11) is 0. The van der Waals surface area contributed by atoms with Crippen LogP contribution in [0.1, 0.15) is 18.9 Å². The summed E-state index contributed by atoms with van der Waals surface area (Å²) in [5.74, 6) is 0.0150. The summed E-state index contributed by atoms with van der Waals surface area (Å²) < 4.78 is 0. The van der Waals surface area contributed by atoms with Crippen LogP contribution in [0.4, 0.5) is 0 Å². The first-order chi connectivity index (χ1) is 6.18. The van der Waals surface area contributed by atoms with Crippen LogP contribution in [0.25, 0.3) is 0 Å². The Kier molecular flexibility index (Phi) is 3.92. The van der Waals surface area contributed by atoms with Crippen molar-refractivity contribution in [3.8, 4) is 0 Å². The fourth-order valence-electron chi connectivity index (χ4n) is 0.958. The molecule has 1 aromatic heterocycles. The van der Waals surface area contributed by atoms with Crippen LogP contribution >= 0.6 is 11.3 Å². The van der Waals surface area contributed by atoms with Crippen LogP contribution in [0.3, 0.4) is 0 Å². The van der Waals surface area contributed by atoms with E-state index in [0.29, 0.717) is 13.0 Å². The Bertz CT molecular complexity index is 257. The second-order valence-electron chi connectivity index (χ2n) is 3.09. The molecule has 3 N–H and O–H groups in total. The van der Waals surface area contributed by atoms with Gasteiger partial charge < -0.3 is 11.1 Å². The number of rotatable bonds is 4. The largest absolute Gasteiger partial charge is 0.352 e. The molecule has 0 radical (unpaired) electrons. The van der Waals surface area contributed by atoms with E-state index < -0.39 is 0 Å². The Balaban J connectivity index is 2.23. The predicted octanol–water partition coefficient (Wildman–Crippen LogP) is 1.10. The highest BCUT2D eigenvalue weighted by molar-refractivity contribution is 7.07. The molecule has 1 aromatic rings. The van der Waals surface area contributed by atoms with Crippen LogP contribution in [-0.2, 0) is 11.3 Å². The van der Waals surface area contributed by atoms with Gasteiger partial charge in [0.1, 0.15) is 0 Å². The quantitative estimate of drug-likeness (QED) is 0.761. The van der Waals surface area contributed by atoms with Crippen molar-refractivity contribution in [1.82, 2.24) is 5.32 Å². The minimum Gasteiger partial charge on any atom is -0.352 e. The van der Waals surface area contributed by atoms with Gasteiger partial charge in [-0.05, 0) is 29.3 Å². The van der Waals surface area contributed by atoms with Gasteiger partial charge in [0.2, 0.25) is 5.91 Å². The third kappa shape index (κ3) is 4.05. The molecular formula is C9H14N2OS. The van der Waals surface area contributed by atoms with Crippen molar-refractivity contribution in [2.24, 2.45) is 5.73 Å². The topological polar surface area (TPSA) is 55.1 Å². The molecule has 0 bridgehead atoms. The Hall–Kier alpha value is -0.870. The third-order valence-corrected chi connectivity index (χ3v) is 2.31. The van der Waals surface area contributed by atoms with Crippen molar-refractivity contribution in [3.63, 3.8) is 0 Å². The Morgan fingerprint density at radius 1 is 1.77 bits per heavy atom. The number of hydrogen-bond donors (Lipinski definition) is 2. The fraction of sp³-hybridized carbons (Fsp3) is 0.444. The summed E-state index contributed by atoms with van der Waals surface area (Å²) in [6.45, 7) is 2.43. The first-order valence-electron chi connectivity index (χ1n) is 4.22. The smallest absolute Gasteiger partial charge is 0.221 e. The molecule has 4 heteroatoms.